The fourth-order valence-electron chi connectivity index (χ4n) is 3.42. The zero-order valence-corrected chi connectivity index (χ0v) is 20.2. The Kier molecular flexibility index (Phi) is 15.1. The minimum Gasteiger partial charge on any atom is -0.373 e. The van der Waals surface area contributed by atoms with E-state index in [-0.39, 0.29) is 13.0 Å². The molecular formula is C23H47NO4P+. The normalized spacial score (nSPS) is 15.4. The molecule has 0 fully saturated rings. The Morgan fingerprint density at radius 3 is 1.59 bits per heavy atom. The lowest BCUT2D eigenvalue weighted by atomic mass is 10.1. The molecule has 0 radical (unpaired) electrons. The summed E-state index contributed by atoms with van der Waals surface area (Å²) in [5, 5.41) is 8.52. The van der Waals surface area contributed by atoms with Crippen molar-refractivity contribution in [2.24, 2.45) is 0 Å². The molecule has 0 spiro atoms. The Morgan fingerprint density at radius 1 is 0.759 bits per heavy atom. The van der Waals surface area contributed by atoms with Gasteiger partial charge in [0.2, 0.25) is 5.34 Å². The molecule has 0 saturated carbocycles. The predicted molar refractivity (Wildman–Crippen MR) is 124 cm³/mol. The van der Waals surface area contributed by atoms with Gasteiger partial charge in [-0.3, -0.25) is 4.57 Å². The first-order valence-electron chi connectivity index (χ1n) is 11.4. The van der Waals surface area contributed by atoms with Crippen LogP contribution in [-0.2, 0) is 4.57 Å². The molecule has 0 saturated heterocycles. The van der Waals surface area contributed by atoms with E-state index in [2.05, 4.69) is 25.2 Å². The molecule has 0 aliphatic carbocycles. The molecule has 0 bridgehead atoms. The third-order valence-electron chi connectivity index (χ3n) is 5.03. The van der Waals surface area contributed by atoms with Crippen molar-refractivity contribution in [3.05, 3.63) is 24.3 Å². The topological polar surface area (TPSA) is 77.8 Å². The Morgan fingerprint density at radius 2 is 1.17 bits per heavy atom. The molecule has 172 valence electrons. The van der Waals surface area contributed by atoms with Crippen molar-refractivity contribution in [3.8, 4) is 0 Å². The van der Waals surface area contributed by atoms with Crippen LogP contribution in [0.5, 0.6) is 0 Å². The van der Waals surface area contributed by atoms with E-state index >= 15 is 0 Å². The maximum absolute atomic E-state index is 11.7. The molecule has 0 aliphatic rings. The van der Waals surface area contributed by atoms with Gasteiger partial charge in [-0.15, -0.1) is 0 Å². The third kappa shape index (κ3) is 16.0. The predicted octanol–water partition coefficient (Wildman–Crippen LogP) is 5.76. The monoisotopic (exact) mass is 432 g/mol. The number of hydrogen-bond donors (Lipinski definition) is 3. The van der Waals surface area contributed by atoms with Crippen LogP contribution in [0.1, 0.15) is 90.4 Å². The molecule has 0 aromatic rings. The summed E-state index contributed by atoms with van der Waals surface area (Å²) in [6.45, 7) is 2.25. The van der Waals surface area contributed by atoms with Crippen molar-refractivity contribution in [2.75, 3.05) is 27.7 Å². The van der Waals surface area contributed by atoms with Crippen LogP contribution >= 0.6 is 7.60 Å². The Balaban J connectivity index is 3.80. The maximum atomic E-state index is 11.7. The highest BCUT2D eigenvalue weighted by Gasteiger charge is 2.48. The van der Waals surface area contributed by atoms with E-state index in [1.165, 1.54) is 57.8 Å². The summed E-state index contributed by atoms with van der Waals surface area (Å²) in [4.78, 5) is 19.1. The van der Waals surface area contributed by atoms with Crippen LogP contribution in [0.25, 0.3) is 0 Å². The lowest BCUT2D eigenvalue weighted by molar-refractivity contribution is -0.875. The molecular weight excluding hydrogens is 385 g/mol. The summed E-state index contributed by atoms with van der Waals surface area (Å²) >= 11 is 0. The van der Waals surface area contributed by atoms with Crippen LogP contribution in [0.3, 0.4) is 0 Å². The standard InChI is InChI=1S/C23H46NO4P/c1-5-6-7-8-9-10-11-12-13-14-15-16-17-18-19-20-21-23(25,29(26,27)28)22-24(2,3)4/h8-9,18-19,25H,5-7,10-17,20-22H2,1-4H3,(H-,26,27,28)/p+1/b9-8-,19-18-. The Labute approximate surface area is 179 Å². The van der Waals surface area contributed by atoms with Crippen LogP contribution < -0.4 is 0 Å². The van der Waals surface area contributed by atoms with Gasteiger partial charge in [0.1, 0.15) is 6.54 Å². The molecule has 1 unspecified atom stereocenters. The minimum atomic E-state index is -4.57. The van der Waals surface area contributed by atoms with E-state index in [4.69, 9.17) is 0 Å². The number of hydrogen-bond acceptors (Lipinski definition) is 2. The number of quaternary nitrogens is 1. The fraction of sp³-hybridized carbons (Fsp3) is 0.826. The van der Waals surface area contributed by atoms with Crippen molar-refractivity contribution in [1.82, 2.24) is 0 Å². The zero-order chi connectivity index (χ0) is 22.2. The van der Waals surface area contributed by atoms with Gasteiger partial charge in [-0.1, -0.05) is 69.8 Å². The van der Waals surface area contributed by atoms with Gasteiger partial charge in [0.15, 0.2) is 0 Å². The van der Waals surface area contributed by atoms with Gasteiger partial charge in [0.05, 0.1) is 21.1 Å². The fourth-order valence-corrected chi connectivity index (χ4v) is 4.44. The minimum absolute atomic E-state index is 0.0274. The first kappa shape index (κ1) is 28.5. The molecule has 6 heteroatoms. The molecule has 0 rings (SSSR count). The Hall–Kier alpha value is -0.450. The second-order valence-corrected chi connectivity index (χ2v) is 11.2. The van der Waals surface area contributed by atoms with Crippen molar-refractivity contribution in [2.45, 2.75) is 95.7 Å². The number of aliphatic hydroxyl groups is 1. The SMILES string of the molecule is CCCC/C=C\CCCCCCCC/C=C\CCC(O)(C[N+](C)(C)C)P(=O)(O)O. The number of likely N-dealkylation sites (N-methyl/N-ethyl adjacent to an activating group) is 1. The molecule has 29 heavy (non-hydrogen) atoms. The van der Waals surface area contributed by atoms with E-state index in [1.54, 1.807) is 0 Å². The van der Waals surface area contributed by atoms with Crippen LogP contribution in [0.2, 0.25) is 0 Å². The molecule has 0 aromatic heterocycles. The average molecular weight is 433 g/mol. The van der Waals surface area contributed by atoms with Gasteiger partial charge in [-0.05, 0) is 44.9 Å². The molecule has 0 heterocycles. The second kappa shape index (κ2) is 15.4. The first-order chi connectivity index (χ1) is 13.5. The van der Waals surface area contributed by atoms with Crippen LogP contribution in [-0.4, -0.2) is 52.4 Å². The van der Waals surface area contributed by atoms with E-state index in [0.29, 0.717) is 10.9 Å². The Bertz CT molecular complexity index is 507. The summed E-state index contributed by atoms with van der Waals surface area (Å²) < 4.78 is 12.0. The highest BCUT2D eigenvalue weighted by Crippen LogP contribution is 2.52. The highest BCUT2D eigenvalue weighted by atomic mass is 31.2. The van der Waals surface area contributed by atoms with Gasteiger partial charge in [0.25, 0.3) is 0 Å². The van der Waals surface area contributed by atoms with E-state index in [1.807, 2.05) is 27.2 Å². The van der Waals surface area contributed by atoms with Gasteiger partial charge in [0, 0.05) is 0 Å². The first-order valence-corrected chi connectivity index (χ1v) is 13.0. The summed E-state index contributed by atoms with van der Waals surface area (Å²) in [5.74, 6) is 0. The van der Waals surface area contributed by atoms with Gasteiger partial charge < -0.3 is 19.4 Å². The van der Waals surface area contributed by atoms with Crippen molar-refractivity contribution in [1.29, 1.82) is 0 Å². The summed E-state index contributed by atoms with van der Waals surface area (Å²) in [6, 6.07) is 0. The molecule has 0 aromatic carbocycles. The summed E-state index contributed by atoms with van der Waals surface area (Å²) in [7, 11) is 0.889. The number of nitrogens with zero attached hydrogens (tertiary/aromatic N) is 1. The van der Waals surface area contributed by atoms with E-state index in [9.17, 15) is 19.5 Å². The number of rotatable bonds is 18. The van der Waals surface area contributed by atoms with Crippen molar-refractivity contribution >= 4 is 7.60 Å². The van der Waals surface area contributed by atoms with Crippen molar-refractivity contribution < 1.29 is 23.9 Å². The van der Waals surface area contributed by atoms with Gasteiger partial charge >= 0.3 is 7.60 Å². The molecule has 3 N–H and O–H groups in total. The largest absolute Gasteiger partial charge is 0.373 e. The van der Waals surface area contributed by atoms with Crippen LogP contribution in [0.4, 0.5) is 0 Å². The second-order valence-electron chi connectivity index (χ2n) is 9.30. The lowest BCUT2D eigenvalue weighted by Gasteiger charge is -2.35. The number of allylic oxidation sites excluding steroid dienone is 4. The summed E-state index contributed by atoms with van der Waals surface area (Å²) in [6.07, 6.45) is 22.8. The third-order valence-corrected chi connectivity index (χ3v) is 6.48. The molecule has 1 atom stereocenters. The van der Waals surface area contributed by atoms with Crippen LogP contribution in [0, 0.1) is 0 Å². The average Bonchev–Trinajstić information content (AvgIpc) is 2.59. The van der Waals surface area contributed by atoms with Gasteiger partial charge in [-0.2, -0.15) is 0 Å². The van der Waals surface area contributed by atoms with Crippen molar-refractivity contribution in [3.63, 3.8) is 0 Å². The van der Waals surface area contributed by atoms with Crippen LogP contribution in [0.15, 0.2) is 24.3 Å². The molecule has 0 aliphatic heterocycles. The van der Waals surface area contributed by atoms with Gasteiger partial charge in [-0.25, -0.2) is 0 Å². The highest BCUT2D eigenvalue weighted by molar-refractivity contribution is 7.53. The quantitative estimate of drug-likeness (QED) is 0.111. The smallest absolute Gasteiger partial charge is 0.362 e. The van der Waals surface area contributed by atoms with E-state index in [0.717, 1.165) is 12.8 Å². The molecule has 0 amide bonds. The zero-order valence-electron chi connectivity index (χ0n) is 19.4. The maximum Gasteiger partial charge on any atom is 0.362 e. The molecule has 5 nitrogen and oxygen atoms in total. The lowest BCUT2D eigenvalue weighted by Crippen LogP contribution is -2.49. The van der Waals surface area contributed by atoms with E-state index < -0.39 is 12.9 Å². The summed E-state index contributed by atoms with van der Waals surface area (Å²) in [5.41, 5.74) is 0. The number of unbranched alkanes of at least 4 members (excludes halogenated alkanes) is 9.